The van der Waals surface area contributed by atoms with Gasteiger partial charge in [-0.15, -0.1) is 0 Å². The van der Waals surface area contributed by atoms with E-state index >= 15 is 0 Å². The fourth-order valence-electron chi connectivity index (χ4n) is 6.10. The molecular formula is C34H37N7O2. The molecule has 5 aromatic rings. The monoisotopic (exact) mass is 575 g/mol. The van der Waals surface area contributed by atoms with Crippen molar-refractivity contribution in [1.29, 1.82) is 0 Å². The molecule has 2 aromatic carbocycles. The van der Waals surface area contributed by atoms with E-state index < -0.39 is 5.60 Å². The Labute approximate surface area is 251 Å². The largest absolute Gasteiger partial charge is 0.444 e. The van der Waals surface area contributed by atoms with E-state index in [0.717, 1.165) is 82.1 Å². The molecule has 5 heterocycles. The van der Waals surface area contributed by atoms with Crippen LogP contribution in [0.2, 0.25) is 0 Å². The van der Waals surface area contributed by atoms with Crippen molar-refractivity contribution >= 4 is 17.0 Å². The number of carbonyl (C=O) groups is 1. The molecular weight excluding hydrogens is 538 g/mol. The molecule has 0 radical (unpaired) electrons. The lowest BCUT2D eigenvalue weighted by Gasteiger charge is -2.27. The van der Waals surface area contributed by atoms with Crippen molar-refractivity contribution in [1.82, 2.24) is 35.1 Å². The zero-order valence-electron chi connectivity index (χ0n) is 24.9. The normalized spacial score (nSPS) is 18.9. The molecule has 2 saturated heterocycles. The van der Waals surface area contributed by atoms with Gasteiger partial charge in [-0.2, -0.15) is 0 Å². The SMILES string of the molecule is CC(C)(C)OC(=O)N1CCC[C@H]1c1ncc(-c2ccc(-c3ccc4nc(-c5cnc([C@@H]6CCCN6)[nH]5)ccc4c3)cc2)[nH]1. The third kappa shape index (κ3) is 5.64. The van der Waals surface area contributed by atoms with Gasteiger partial charge in [0, 0.05) is 11.9 Å². The standard InChI is InChI=1S/C34H37N7O2/c1-34(2,3)43-33(42)41-17-5-7-30(41)32-37-19-28(39-32)22-10-8-21(9-11-22)23-12-14-25-24(18-23)13-15-26(38-25)29-20-36-31(40-29)27-6-4-16-35-27/h8-15,18-20,27,30,35H,4-7,16-17H2,1-3H3,(H,36,40)(H,37,39)/t27-,30-/m0/s1. The minimum Gasteiger partial charge on any atom is -0.444 e. The number of amides is 1. The van der Waals surface area contributed by atoms with Crippen molar-refractivity contribution in [2.24, 2.45) is 0 Å². The first kappa shape index (κ1) is 27.3. The molecule has 43 heavy (non-hydrogen) atoms. The molecule has 2 fully saturated rings. The molecule has 220 valence electrons. The Kier molecular flexibility index (Phi) is 6.97. The van der Waals surface area contributed by atoms with Crippen LogP contribution in [0, 0.1) is 0 Å². The number of H-pyrrole nitrogens is 2. The van der Waals surface area contributed by atoms with E-state index in [2.05, 4.69) is 79.9 Å². The van der Waals surface area contributed by atoms with Gasteiger partial charge in [-0.05, 0) is 87.9 Å². The van der Waals surface area contributed by atoms with E-state index in [1.54, 1.807) is 4.90 Å². The number of benzene rings is 2. The maximum Gasteiger partial charge on any atom is 0.410 e. The lowest BCUT2D eigenvalue weighted by atomic mass is 10.0. The van der Waals surface area contributed by atoms with Crippen molar-refractivity contribution in [2.75, 3.05) is 13.1 Å². The first-order chi connectivity index (χ1) is 20.8. The number of imidazole rings is 2. The zero-order chi connectivity index (χ0) is 29.6. The minimum atomic E-state index is -0.526. The van der Waals surface area contributed by atoms with Crippen LogP contribution in [0.15, 0.2) is 67.0 Å². The van der Waals surface area contributed by atoms with Crippen LogP contribution < -0.4 is 5.32 Å². The first-order valence-electron chi connectivity index (χ1n) is 15.2. The van der Waals surface area contributed by atoms with Crippen molar-refractivity contribution in [2.45, 2.75) is 64.1 Å². The highest BCUT2D eigenvalue weighted by Gasteiger charge is 2.34. The maximum atomic E-state index is 12.8. The third-order valence-corrected chi connectivity index (χ3v) is 8.27. The summed E-state index contributed by atoms with van der Waals surface area (Å²) in [6.07, 6.45) is 7.53. The van der Waals surface area contributed by atoms with E-state index in [1.807, 2.05) is 33.2 Å². The van der Waals surface area contributed by atoms with Gasteiger partial charge in [0.05, 0.1) is 47.1 Å². The number of nitrogens with zero attached hydrogens (tertiary/aromatic N) is 4. The van der Waals surface area contributed by atoms with Crippen LogP contribution in [0.3, 0.4) is 0 Å². The fourth-order valence-corrected chi connectivity index (χ4v) is 6.10. The number of rotatable bonds is 5. The molecule has 0 aliphatic carbocycles. The van der Waals surface area contributed by atoms with Crippen LogP contribution in [0.5, 0.6) is 0 Å². The highest BCUT2D eigenvalue weighted by Crippen LogP contribution is 2.34. The van der Waals surface area contributed by atoms with Crippen molar-refractivity contribution < 1.29 is 9.53 Å². The van der Waals surface area contributed by atoms with E-state index in [0.29, 0.717) is 12.6 Å². The van der Waals surface area contributed by atoms with Crippen molar-refractivity contribution in [3.05, 3.63) is 78.6 Å². The number of ether oxygens (including phenoxy) is 1. The van der Waals surface area contributed by atoms with Gasteiger partial charge < -0.3 is 20.0 Å². The molecule has 0 spiro atoms. The number of hydrogen-bond acceptors (Lipinski definition) is 6. The number of aromatic amines is 2. The molecule has 2 aliphatic heterocycles. The summed E-state index contributed by atoms with van der Waals surface area (Å²) < 4.78 is 5.63. The number of fused-ring (bicyclic) bond motifs is 1. The third-order valence-electron chi connectivity index (χ3n) is 8.27. The summed E-state index contributed by atoms with van der Waals surface area (Å²) in [7, 11) is 0. The Morgan fingerprint density at radius 1 is 0.860 bits per heavy atom. The Morgan fingerprint density at radius 2 is 1.60 bits per heavy atom. The van der Waals surface area contributed by atoms with Crippen LogP contribution in [-0.2, 0) is 4.74 Å². The molecule has 1 amide bonds. The second kappa shape index (κ2) is 11.0. The number of carbonyl (C=O) groups excluding carboxylic acids is 1. The smallest absolute Gasteiger partial charge is 0.410 e. The number of pyridine rings is 1. The minimum absolute atomic E-state index is 0.103. The second-order valence-electron chi connectivity index (χ2n) is 12.5. The van der Waals surface area contributed by atoms with Crippen molar-refractivity contribution in [3.63, 3.8) is 0 Å². The summed E-state index contributed by atoms with van der Waals surface area (Å²) in [6.45, 7) is 7.39. The summed E-state index contributed by atoms with van der Waals surface area (Å²) >= 11 is 0. The Bertz CT molecular complexity index is 1760. The van der Waals surface area contributed by atoms with Gasteiger partial charge in [0.2, 0.25) is 0 Å². The highest BCUT2D eigenvalue weighted by atomic mass is 16.6. The predicted octanol–water partition coefficient (Wildman–Crippen LogP) is 7.18. The number of nitrogens with one attached hydrogen (secondary N) is 3. The van der Waals surface area contributed by atoms with Crippen molar-refractivity contribution in [3.8, 4) is 33.8 Å². The maximum absolute atomic E-state index is 12.8. The number of aromatic nitrogens is 5. The fraction of sp³-hybridized carbons (Fsp3) is 0.353. The lowest BCUT2D eigenvalue weighted by molar-refractivity contribution is 0.0218. The number of hydrogen-bond donors (Lipinski definition) is 3. The van der Waals surface area contributed by atoms with Crippen LogP contribution in [0.4, 0.5) is 4.79 Å². The molecule has 9 nitrogen and oxygen atoms in total. The molecule has 9 heteroatoms. The van der Waals surface area contributed by atoms with Crippen LogP contribution in [0.1, 0.15) is 70.2 Å². The van der Waals surface area contributed by atoms with Gasteiger partial charge in [0.1, 0.15) is 17.2 Å². The second-order valence-corrected chi connectivity index (χ2v) is 12.5. The molecule has 7 rings (SSSR count). The van der Waals surface area contributed by atoms with Gasteiger partial charge in [0.25, 0.3) is 0 Å². The van der Waals surface area contributed by atoms with E-state index in [4.69, 9.17) is 9.72 Å². The molecule has 0 unspecified atom stereocenters. The average molecular weight is 576 g/mol. The molecule has 0 saturated carbocycles. The summed E-state index contributed by atoms with van der Waals surface area (Å²) in [6, 6.07) is 19.2. The number of likely N-dealkylation sites (tertiary alicyclic amines) is 1. The topological polar surface area (TPSA) is 112 Å². The molecule has 3 N–H and O–H groups in total. The van der Waals surface area contributed by atoms with Gasteiger partial charge in [-0.3, -0.25) is 4.90 Å². The molecule has 2 aliphatic rings. The van der Waals surface area contributed by atoms with Gasteiger partial charge in [-0.25, -0.2) is 19.7 Å². The van der Waals surface area contributed by atoms with Gasteiger partial charge >= 0.3 is 6.09 Å². The van der Waals surface area contributed by atoms with E-state index in [1.165, 1.54) is 6.42 Å². The zero-order valence-corrected chi connectivity index (χ0v) is 24.9. The summed E-state index contributed by atoms with van der Waals surface area (Å²) in [5, 5.41) is 4.58. The summed E-state index contributed by atoms with van der Waals surface area (Å²) in [5.41, 5.74) is 6.50. The molecule has 2 atom stereocenters. The van der Waals surface area contributed by atoms with Crippen LogP contribution >= 0.6 is 0 Å². The first-order valence-corrected chi connectivity index (χ1v) is 15.2. The van der Waals surface area contributed by atoms with Gasteiger partial charge in [-0.1, -0.05) is 36.4 Å². The van der Waals surface area contributed by atoms with Crippen LogP contribution in [-0.4, -0.2) is 54.6 Å². The van der Waals surface area contributed by atoms with E-state index in [-0.39, 0.29) is 12.1 Å². The summed E-state index contributed by atoms with van der Waals surface area (Å²) in [4.78, 5) is 35.6. The quantitative estimate of drug-likeness (QED) is 0.205. The Balaban J connectivity index is 1.06. The molecule has 3 aromatic heterocycles. The van der Waals surface area contributed by atoms with Crippen LogP contribution in [0.25, 0.3) is 44.7 Å². The van der Waals surface area contributed by atoms with Gasteiger partial charge in [0.15, 0.2) is 0 Å². The lowest BCUT2D eigenvalue weighted by Crippen LogP contribution is -2.36. The predicted molar refractivity (Wildman–Crippen MR) is 167 cm³/mol. The Hall–Kier alpha value is -4.50. The highest BCUT2D eigenvalue weighted by molar-refractivity contribution is 5.86. The average Bonchev–Trinajstić information content (AvgIpc) is 3.82. The van der Waals surface area contributed by atoms with E-state index in [9.17, 15) is 4.79 Å². The summed E-state index contributed by atoms with van der Waals surface area (Å²) in [5.74, 6) is 1.78. The molecule has 0 bridgehead atoms. The Morgan fingerprint density at radius 3 is 2.40 bits per heavy atom.